The molecule has 2 amide bonds. The molecule has 3 fully saturated rings. The highest BCUT2D eigenvalue weighted by molar-refractivity contribution is 6.33. The molecule has 8 heteroatoms. The molecule has 0 radical (unpaired) electrons. The second-order valence-corrected chi connectivity index (χ2v) is 13.7. The smallest absolute Gasteiger partial charge is 0.256 e. The number of amides is 2. The van der Waals surface area contributed by atoms with Gasteiger partial charge in [0.25, 0.3) is 11.8 Å². The van der Waals surface area contributed by atoms with E-state index >= 15 is 0 Å². The van der Waals surface area contributed by atoms with Gasteiger partial charge < -0.3 is 9.80 Å². The molecule has 43 heavy (non-hydrogen) atoms. The van der Waals surface area contributed by atoms with E-state index in [1.54, 1.807) is 12.1 Å². The number of likely N-dealkylation sites (tertiary alicyclic amines) is 2. The quantitative estimate of drug-likeness (QED) is 0.286. The van der Waals surface area contributed by atoms with Crippen molar-refractivity contribution >= 4 is 35.0 Å². The number of hydrogen-bond acceptors (Lipinski definition) is 3. The van der Waals surface area contributed by atoms with Gasteiger partial charge in [-0.3, -0.25) is 14.5 Å². The molecule has 0 bridgehead atoms. The van der Waals surface area contributed by atoms with E-state index in [1.165, 1.54) is 17.7 Å². The van der Waals surface area contributed by atoms with Crippen molar-refractivity contribution in [3.8, 4) is 0 Å². The molecule has 7 rings (SSSR count). The topological polar surface area (TPSA) is 43.9 Å². The maximum Gasteiger partial charge on any atom is 0.256 e. The Balaban J connectivity index is 1.03. The van der Waals surface area contributed by atoms with Gasteiger partial charge in [-0.15, -0.1) is 0 Å². The van der Waals surface area contributed by atoms with Crippen molar-refractivity contribution in [3.63, 3.8) is 0 Å². The fourth-order valence-corrected chi connectivity index (χ4v) is 7.91. The summed E-state index contributed by atoms with van der Waals surface area (Å²) < 4.78 is 13.5. The summed E-state index contributed by atoms with van der Waals surface area (Å²) in [4.78, 5) is 34.0. The number of nitrogens with zero attached hydrogens (tertiary/aromatic N) is 3. The van der Waals surface area contributed by atoms with Crippen LogP contribution >= 0.6 is 23.2 Å². The van der Waals surface area contributed by atoms with Gasteiger partial charge in [-0.05, 0) is 117 Å². The van der Waals surface area contributed by atoms with Crippen LogP contribution in [0, 0.1) is 11.2 Å². The van der Waals surface area contributed by atoms with Crippen molar-refractivity contribution in [3.05, 3.63) is 104 Å². The van der Waals surface area contributed by atoms with Crippen LogP contribution in [0.25, 0.3) is 0 Å². The molecule has 2 saturated heterocycles. The van der Waals surface area contributed by atoms with Crippen LogP contribution in [0.4, 0.5) is 4.39 Å². The molecule has 1 unspecified atom stereocenters. The molecule has 3 aromatic rings. The van der Waals surface area contributed by atoms with E-state index in [1.807, 2.05) is 34.1 Å². The molecule has 2 heterocycles. The highest BCUT2D eigenvalue weighted by atomic mass is 35.5. The van der Waals surface area contributed by atoms with Gasteiger partial charge in [0, 0.05) is 36.3 Å². The maximum absolute atomic E-state index is 13.8. The van der Waals surface area contributed by atoms with Gasteiger partial charge in [-0.2, -0.15) is 0 Å². The number of fused-ring (bicyclic) bond motifs is 1. The van der Waals surface area contributed by atoms with Crippen LogP contribution < -0.4 is 0 Å². The molecule has 3 aromatic carbocycles. The fraction of sp³-hybridized carbons (Fsp3) is 0.429. The molecule has 4 aliphatic rings. The van der Waals surface area contributed by atoms with E-state index in [4.69, 9.17) is 23.2 Å². The van der Waals surface area contributed by atoms with Gasteiger partial charge in [0.15, 0.2) is 0 Å². The summed E-state index contributed by atoms with van der Waals surface area (Å²) in [5, 5.41) is 0.955. The number of halogens is 3. The summed E-state index contributed by atoms with van der Waals surface area (Å²) in [6.45, 7) is 4.13. The van der Waals surface area contributed by atoms with Gasteiger partial charge in [0.05, 0.1) is 16.6 Å². The monoisotopic (exact) mass is 619 g/mol. The van der Waals surface area contributed by atoms with Crippen molar-refractivity contribution in [2.75, 3.05) is 26.2 Å². The molecule has 1 spiro atoms. The largest absolute Gasteiger partial charge is 0.338 e. The normalized spacial score (nSPS) is 21.3. The first-order valence-electron chi connectivity index (χ1n) is 15.5. The number of aryl methyl sites for hydroxylation is 1. The Bertz CT molecular complexity index is 1570. The van der Waals surface area contributed by atoms with Crippen LogP contribution in [0.15, 0.2) is 60.7 Å². The zero-order valence-corrected chi connectivity index (χ0v) is 25.7. The highest BCUT2D eigenvalue weighted by Gasteiger charge is 2.44. The zero-order chi connectivity index (χ0) is 29.7. The minimum atomic E-state index is -0.313. The Morgan fingerprint density at radius 2 is 1.67 bits per heavy atom. The molecule has 5 nitrogen and oxygen atoms in total. The van der Waals surface area contributed by atoms with Crippen molar-refractivity contribution in [1.82, 2.24) is 14.7 Å². The van der Waals surface area contributed by atoms with Gasteiger partial charge in [0.2, 0.25) is 0 Å². The van der Waals surface area contributed by atoms with E-state index in [9.17, 15) is 14.0 Å². The summed E-state index contributed by atoms with van der Waals surface area (Å²) in [5.41, 5.74) is 4.69. The number of piperidine rings is 1. The number of carbonyl (C=O) groups excluding carboxylic acids is 2. The molecule has 2 aliphatic heterocycles. The third-order valence-corrected chi connectivity index (χ3v) is 10.8. The lowest BCUT2D eigenvalue weighted by molar-refractivity contribution is 0.0658. The second kappa shape index (κ2) is 11.5. The number of carbonyl (C=O) groups is 2. The summed E-state index contributed by atoms with van der Waals surface area (Å²) in [6, 6.07) is 18.2. The second-order valence-electron chi connectivity index (χ2n) is 12.9. The van der Waals surface area contributed by atoms with Gasteiger partial charge in [-0.25, -0.2) is 4.39 Å². The van der Waals surface area contributed by atoms with Crippen molar-refractivity contribution in [2.45, 2.75) is 63.6 Å². The first-order valence-corrected chi connectivity index (χ1v) is 16.2. The predicted molar refractivity (Wildman–Crippen MR) is 167 cm³/mol. The average Bonchev–Trinajstić information content (AvgIpc) is 3.63. The van der Waals surface area contributed by atoms with E-state index in [0.717, 1.165) is 82.3 Å². The highest BCUT2D eigenvalue weighted by Crippen LogP contribution is 2.45. The number of benzene rings is 3. The lowest BCUT2D eigenvalue weighted by Crippen LogP contribution is -2.42. The standard InChI is InChI=1S/C35H36Cl2FN3O2/c36-30-4-2-1-3-28(30)34(43)41(27-10-11-27)32-12-8-23-5-6-24(19-29(23)32)33(42)40-18-15-35(22-40)13-16-39(17-14-35)21-25-7-9-26(38)20-31(25)37/h1-7,9,19-20,27,32H,8,10-18,21-22H2. The summed E-state index contributed by atoms with van der Waals surface area (Å²) in [5.74, 6) is -0.245. The number of rotatable bonds is 6. The molecule has 224 valence electrons. The third kappa shape index (κ3) is 5.70. The van der Waals surface area contributed by atoms with E-state index in [0.29, 0.717) is 27.7 Å². The summed E-state index contributed by atoms with van der Waals surface area (Å²) >= 11 is 12.7. The molecular formula is C35H36Cl2FN3O2. The average molecular weight is 621 g/mol. The first-order chi connectivity index (χ1) is 20.8. The van der Waals surface area contributed by atoms with Gasteiger partial charge in [-0.1, -0.05) is 47.5 Å². The molecule has 1 saturated carbocycles. The fourth-order valence-electron chi connectivity index (χ4n) is 7.47. The third-order valence-electron chi connectivity index (χ3n) is 10.1. The molecule has 2 aliphatic carbocycles. The lowest BCUT2D eigenvalue weighted by Gasteiger charge is -2.39. The van der Waals surface area contributed by atoms with Crippen molar-refractivity contribution in [2.24, 2.45) is 5.41 Å². The molecular weight excluding hydrogens is 584 g/mol. The van der Waals surface area contributed by atoms with Crippen molar-refractivity contribution < 1.29 is 14.0 Å². The van der Waals surface area contributed by atoms with Crippen molar-refractivity contribution in [1.29, 1.82) is 0 Å². The van der Waals surface area contributed by atoms with Gasteiger partial charge in [0.1, 0.15) is 5.82 Å². The Kier molecular flexibility index (Phi) is 7.73. The summed E-state index contributed by atoms with van der Waals surface area (Å²) in [7, 11) is 0. The van der Waals surface area contributed by atoms with Crippen LogP contribution in [-0.4, -0.2) is 58.7 Å². The van der Waals surface area contributed by atoms with Gasteiger partial charge >= 0.3 is 0 Å². The lowest BCUT2D eigenvalue weighted by atomic mass is 9.77. The Hall–Kier alpha value is -2.93. The van der Waals surface area contributed by atoms with E-state index in [2.05, 4.69) is 17.0 Å². The SMILES string of the molecule is O=C(c1ccc2c(c1)C(N(C(=O)c1ccccc1Cl)C1CC1)CC2)N1CCC2(CCN(Cc3ccc(F)cc3Cl)CC2)C1. The minimum absolute atomic E-state index is 0.0165. The minimum Gasteiger partial charge on any atom is -0.338 e. The Labute approximate surface area is 262 Å². The van der Waals surface area contributed by atoms with E-state index in [-0.39, 0.29) is 35.1 Å². The first kappa shape index (κ1) is 28.8. The Morgan fingerprint density at radius 1 is 0.907 bits per heavy atom. The van der Waals surface area contributed by atoms with E-state index < -0.39 is 0 Å². The van der Waals surface area contributed by atoms with Crippen LogP contribution in [0.3, 0.4) is 0 Å². The molecule has 0 aromatic heterocycles. The predicted octanol–water partition coefficient (Wildman–Crippen LogP) is 7.55. The number of hydrogen-bond donors (Lipinski definition) is 0. The van der Waals surface area contributed by atoms with Crippen LogP contribution in [0.2, 0.25) is 10.0 Å². The van der Waals surface area contributed by atoms with Crippen LogP contribution in [0.1, 0.15) is 82.0 Å². The summed E-state index contributed by atoms with van der Waals surface area (Å²) in [6.07, 6.45) is 6.85. The Morgan fingerprint density at radius 3 is 2.42 bits per heavy atom. The van der Waals surface area contributed by atoms with Crippen LogP contribution in [-0.2, 0) is 13.0 Å². The van der Waals surface area contributed by atoms with Crippen LogP contribution in [0.5, 0.6) is 0 Å². The molecule has 0 N–H and O–H groups in total. The maximum atomic E-state index is 13.8. The zero-order valence-electron chi connectivity index (χ0n) is 24.2. The molecule has 1 atom stereocenters.